The second kappa shape index (κ2) is 6.05. The Labute approximate surface area is 105 Å². The molecule has 1 unspecified atom stereocenters. The number of halogens is 3. The smallest absolute Gasteiger partial charge is 0.327 e. The normalized spacial score (nSPS) is 13.4. The van der Waals surface area contributed by atoms with E-state index in [1.807, 2.05) is 6.92 Å². The fourth-order valence-corrected chi connectivity index (χ4v) is 1.71. The summed E-state index contributed by atoms with van der Waals surface area (Å²) in [6, 6.07) is 5.20. The third kappa shape index (κ3) is 4.92. The highest BCUT2D eigenvalue weighted by Gasteiger charge is 2.30. The van der Waals surface area contributed by atoms with E-state index in [4.69, 9.17) is 5.73 Å². The lowest BCUT2D eigenvalue weighted by atomic mass is 9.99. The van der Waals surface area contributed by atoms with E-state index in [9.17, 15) is 13.2 Å². The van der Waals surface area contributed by atoms with Crippen molar-refractivity contribution in [1.29, 1.82) is 0 Å². The molecule has 0 aliphatic carbocycles. The second-order valence-corrected chi connectivity index (χ2v) is 4.66. The van der Waals surface area contributed by atoms with Crippen molar-refractivity contribution in [1.82, 2.24) is 0 Å². The molecule has 0 fully saturated rings. The van der Waals surface area contributed by atoms with Crippen LogP contribution in [0.4, 0.5) is 13.2 Å². The summed E-state index contributed by atoms with van der Waals surface area (Å²) >= 11 is 0. The van der Waals surface area contributed by atoms with Crippen LogP contribution in [0.1, 0.15) is 30.9 Å². The minimum atomic E-state index is -4.29. The summed E-state index contributed by atoms with van der Waals surface area (Å²) in [5, 5.41) is 0. The first kappa shape index (κ1) is 14.8. The highest BCUT2D eigenvalue weighted by atomic mass is 19.4. The lowest BCUT2D eigenvalue weighted by Crippen LogP contribution is -2.23. The summed E-state index contributed by atoms with van der Waals surface area (Å²) in [6.45, 7) is 5.69. The van der Waals surface area contributed by atoms with Crippen LogP contribution in [0, 0.1) is 0 Å². The third-order valence-corrected chi connectivity index (χ3v) is 2.69. The van der Waals surface area contributed by atoms with Crippen molar-refractivity contribution in [3.8, 4) is 0 Å². The van der Waals surface area contributed by atoms with E-state index in [0.717, 1.165) is 24.5 Å². The molecule has 1 aromatic rings. The van der Waals surface area contributed by atoms with Crippen molar-refractivity contribution in [2.75, 3.05) is 0 Å². The Morgan fingerprint density at radius 1 is 1.39 bits per heavy atom. The molecule has 0 aliphatic heterocycles. The van der Waals surface area contributed by atoms with E-state index >= 15 is 0 Å². The van der Waals surface area contributed by atoms with Crippen LogP contribution in [0.5, 0.6) is 0 Å². The molecule has 0 amide bonds. The molecule has 0 bridgehead atoms. The lowest BCUT2D eigenvalue weighted by Gasteiger charge is -2.13. The van der Waals surface area contributed by atoms with Gasteiger partial charge in [0.25, 0.3) is 0 Å². The molecular formula is C14H18F3N. The fraction of sp³-hybridized carbons (Fsp3) is 0.429. The number of hydrogen-bond acceptors (Lipinski definition) is 1. The van der Waals surface area contributed by atoms with Gasteiger partial charge >= 0.3 is 6.18 Å². The molecule has 0 aliphatic rings. The first-order valence-electron chi connectivity index (χ1n) is 5.85. The Balaban J connectivity index is 2.65. The zero-order chi connectivity index (χ0) is 13.8. The van der Waals surface area contributed by atoms with Crippen LogP contribution in [0.25, 0.3) is 0 Å². The Hall–Kier alpha value is -1.29. The van der Waals surface area contributed by atoms with Gasteiger partial charge < -0.3 is 5.73 Å². The topological polar surface area (TPSA) is 26.0 Å². The molecule has 0 saturated carbocycles. The molecular weight excluding hydrogens is 239 g/mol. The average molecular weight is 257 g/mol. The van der Waals surface area contributed by atoms with Gasteiger partial charge in [0.15, 0.2) is 0 Å². The molecule has 1 rings (SSSR count). The fourth-order valence-electron chi connectivity index (χ4n) is 1.71. The Morgan fingerprint density at radius 3 is 2.61 bits per heavy atom. The van der Waals surface area contributed by atoms with Crippen molar-refractivity contribution < 1.29 is 13.2 Å². The molecule has 0 radical (unpaired) electrons. The van der Waals surface area contributed by atoms with E-state index in [2.05, 4.69) is 6.58 Å². The van der Waals surface area contributed by atoms with E-state index in [0.29, 0.717) is 12.0 Å². The first-order valence-corrected chi connectivity index (χ1v) is 5.85. The first-order chi connectivity index (χ1) is 8.29. The van der Waals surface area contributed by atoms with Crippen LogP contribution in [-0.2, 0) is 12.6 Å². The molecule has 0 spiro atoms. The van der Waals surface area contributed by atoms with E-state index in [1.165, 1.54) is 12.1 Å². The van der Waals surface area contributed by atoms with Gasteiger partial charge in [-0.3, -0.25) is 0 Å². The lowest BCUT2D eigenvalue weighted by molar-refractivity contribution is -0.137. The number of rotatable bonds is 5. The summed E-state index contributed by atoms with van der Waals surface area (Å²) in [4.78, 5) is 0. The number of hydrogen-bond donors (Lipinski definition) is 1. The second-order valence-electron chi connectivity index (χ2n) is 4.66. The Kier molecular flexibility index (Phi) is 4.96. The van der Waals surface area contributed by atoms with Crippen LogP contribution in [0.15, 0.2) is 36.4 Å². The average Bonchev–Trinajstić information content (AvgIpc) is 2.25. The maximum atomic E-state index is 12.5. The third-order valence-electron chi connectivity index (χ3n) is 2.69. The van der Waals surface area contributed by atoms with Gasteiger partial charge in [-0.2, -0.15) is 13.2 Å². The van der Waals surface area contributed by atoms with Crippen LogP contribution >= 0.6 is 0 Å². The minimum Gasteiger partial charge on any atom is -0.327 e. The van der Waals surface area contributed by atoms with Gasteiger partial charge in [-0.15, -0.1) is 6.58 Å². The van der Waals surface area contributed by atoms with Gasteiger partial charge in [0.2, 0.25) is 0 Å². The summed E-state index contributed by atoms with van der Waals surface area (Å²) in [6.07, 6.45) is -2.29. The van der Waals surface area contributed by atoms with Crippen molar-refractivity contribution in [3.05, 3.63) is 47.5 Å². The van der Waals surface area contributed by atoms with Crippen molar-refractivity contribution in [2.24, 2.45) is 5.73 Å². The number of allylic oxidation sites excluding steroid dienone is 1. The van der Waals surface area contributed by atoms with E-state index in [-0.39, 0.29) is 6.04 Å². The number of alkyl halides is 3. The molecule has 0 aromatic heterocycles. The SMILES string of the molecule is C=C(C)CCC(N)Cc1cccc(C(F)(F)F)c1. The molecule has 1 nitrogen and oxygen atoms in total. The van der Waals surface area contributed by atoms with Gasteiger partial charge in [0.1, 0.15) is 0 Å². The predicted octanol–water partition coefficient (Wildman–Crippen LogP) is 3.93. The molecule has 2 N–H and O–H groups in total. The van der Waals surface area contributed by atoms with E-state index < -0.39 is 11.7 Å². The Morgan fingerprint density at radius 2 is 2.06 bits per heavy atom. The highest BCUT2D eigenvalue weighted by molar-refractivity contribution is 5.26. The van der Waals surface area contributed by atoms with Gasteiger partial charge in [-0.1, -0.05) is 23.8 Å². The largest absolute Gasteiger partial charge is 0.416 e. The zero-order valence-corrected chi connectivity index (χ0v) is 10.4. The van der Waals surface area contributed by atoms with E-state index in [1.54, 1.807) is 6.07 Å². The molecule has 100 valence electrons. The predicted molar refractivity (Wildman–Crippen MR) is 67.2 cm³/mol. The summed E-state index contributed by atoms with van der Waals surface area (Å²) in [7, 11) is 0. The van der Waals surface area contributed by atoms with Gasteiger partial charge in [0, 0.05) is 6.04 Å². The Bertz CT molecular complexity index is 410. The van der Waals surface area contributed by atoms with Crippen LogP contribution in [-0.4, -0.2) is 6.04 Å². The summed E-state index contributed by atoms with van der Waals surface area (Å²) in [5.74, 6) is 0. The molecule has 1 aromatic carbocycles. The summed E-state index contributed by atoms with van der Waals surface area (Å²) < 4.78 is 37.5. The molecule has 18 heavy (non-hydrogen) atoms. The maximum Gasteiger partial charge on any atom is 0.416 e. The van der Waals surface area contributed by atoms with Gasteiger partial charge in [-0.25, -0.2) is 0 Å². The molecule has 0 heterocycles. The van der Waals surface area contributed by atoms with Gasteiger partial charge in [0.05, 0.1) is 5.56 Å². The molecule has 0 saturated heterocycles. The standard InChI is InChI=1S/C14H18F3N/c1-10(2)6-7-13(18)9-11-4-3-5-12(8-11)14(15,16)17/h3-5,8,13H,1,6-7,9,18H2,2H3. The minimum absolute atomic E-state index is 0.134. The summed E-state index contributed by atoms with van der Waals surface area (Å²) in [5.41, 5.74) is 6.93. The number of nitrogens with two attached hydrogens (primary N) is 1. The van der Waals surface area contributed by atoms with Crippen LogP contribution in [0.2, 0.25) is 0 Å². The quantitative estimate of drug-likeness (QED) is 0.795. The van der Waals surface area contributed by atoms with Crippen LogP contribution in [0.3, 0.4) is 0 Å². The van der Waals surface area contributed by atoms with Crippen molar-refractivity contribution in [2.45, 2.75) is 38.4 Å². The number of benzene rings is 1. The highest BCUT2D eigenvalue weighted by Crippen LogP contribution is 2.29. The van der Waals surface area contributed by atoms with Crippen LogP contribution < -0.4 is 5.73 Å². The zero-order valence-electron chi connectivity index (χ0n) is 10.4. The van der Waals surface area contributed by atoms with Gasteiger partial charge in [-0.05, 0) is 37.8 Å². The van der Waals surface area contributed by atoms with Crippen molar-refractivity contribution in [3.63, 3.8) is 0 Å². The molecule has 1 atom stereocenters. The molecule has 4 heteroatoms. The van der Waals surface area contributed by atoms with Crippen molar-refractivity contribution >= 4 is 0 Å². The maximum absolute atomic E-state index is 12.5. The monoisotopic (exact) mass is 257 g/mol.